The molecule has 0 saturated carbocycles. The van der Waals surface area contributed by atoms with Crippen LogP contribution < -0.4 is 15.8 Å². The number of methoxy groups -OCH3 is 1. The normalized spacial score (nSPS) is 9.41. The Labute approximate surface area is 132 Å². The van der Waals surface area contributed by atoms with E-state index >= 15 is 0 Å². The van der Waals surface area contributed by atoms with E-state index in [1.165, 1.54) is 11.1 Å². The molecule has 118 valence electrons. The Balaban J connectivity index is 0.000000235. The van der Waals surface area contributed by atoms with Crippen LogP contribution in [0.4, 0.5) is 0 Å². The second-order valence-corrected chi connectivity index (χ2v) is 4.81. The monoisotopic (exact) mass is 300 g/mol. The van der Waals surface area contributed by atoms with E-state index in [2.05, 4.69) is 12.2 Å². The van der Waals surface area contributed by atoms with Crippen molar-refractivity contribution in [3.05, 3.63) is 65.7 Å². The highest BCUT2D eigenvalue weighted by molar-refractivity contribution is 5.77. The van der Waals surface area contributed by atoms with Crippen LogP contribution in [0.5, 0.6) is 5.75 Å². The molecule has 0 aliphatic rings. The number of ether oxygens (including phenoxy) is 1. The lowest BCUT2D eigenvalue weighted by Crippen LogP contribution is -2.31. The van der Waals surface area contributed by atoms with E-state index in [-0.39, 0.29) is 12.5 Å². The molecule has 0 saturated heterocycles. The zero-order chi connectivity index (χ0) is 16.2. The summed E-state index contributed by atoms with van der Waals surface area (Å²) in [5.41, 5.74) is 7.62. The molecule has 0 spiro atoms. The van der Waals surface area contributed by atoms with Crippen molar-refractivity contribution < 1.29 is 9.53 Å². The van der Waals surface area contributed by atoms with Crippen molar-refractivity contribution in [2.75, 3.05) is 20.2 Å². The Morgan fingerprint density at radius 2 is 1.73 bits per heavy atom. The first-order valence-electron chi connectivity index (χ1n) is 7.27. The summed E-state index contributed by atoms with van der Waals surface area (Å²) in [7, 11) is 1.67. The second-order valence-electron chi connectivity index (χ2n) is 4.81. The Morgan fingerprint density at radius 3 is 2.27 bits per heavy atom. The van der Waals surface area contributed by atoms with Gasteiger partial charge in [-0.05, 0) is 31.0 Å². The highest BCUT2D eigenvalue weighted by Crippen LogP contribution is 2.09. The zero-order valence-corrected chi connectivity index (χ0v) is 13.2. The lowest BCUT2D eigenvalue weighted by Gasteiger charge is -2.02. The van der Waals surface area contributed by atoms with E-state index in [1.54, 1.807) is 7.11 Å². The fraction of sp³-hybridized carbons (Fsp3) is 0.278. The second kappa shape index (κ2) is 10.4. The summed E-state index contributed by atoms with van der Waals surface area (Å²) >= 11 is 0. The number of aryl methyl sites for hydroxylation is 1. The van der Waals surface area contributed by atoms with E-state index in [0.29, 0.717) is 6.54 Å². The summed E-state index contributed by atoms with van der Waals surface area (Å²) in [6.45, 7) is 2.77. The standard InChI is InChI=1S/C10H14N2O.C8H10O/c11-8-10(13)12-7-6-9-4-2-1-3-5-9;1-7-3-5-8(9-2)6-4-7/h1-5H,6-8,11H2,(H,12,13);3-6H,1-2H3. The Morgan fingerprint density at radius 1 is 1.09 bits per heavy atom. The van der Waals surface area contributed by atoms with E-state index in [0.717, 1.165) is 12.2 Å². The first-order chi connectivity index (χ1) is 10.7. The molecule has 0 atom stereocenters. The highest BCUT2D eigenvalue weighted by atomic mass is 16.5. The van der Waals surface area contributed by atoms with Gasteiger partial charge < -0.3 is 15.8 Å². The Hall–Kier alpha value is -2.33. The van der Waals surface area contributed by atoms with Gasteiger partial charge in [-0.3, -0.25) is 4.79 Å². The molecule has 0 aliphatic carbocycles. The van der Waals surface area contributed by atoms with Gasteiger partial charge in [0, 0.05) is 6.54 Å². The fourth-order valence-corrected chi connectivity index (χ4v) is 1.74. The van der Waals surface area contributed by atoms with Gasteiger partial charge in [-0.25, -0.2) is 0 Å². The number of nitrogens with one attached hydrogen (secondary N) is 1. The number of carbonyl (C=O) groups excluding carboxylic acids is 1. The van der Waals surface area contributed by atoms with Crippen molar-refractivity contribution in [2.45, 2.75) is 13.3 Å². The minimum atomic E-state index is -0.101. The van der Waals surface area contributed by atoms with Gasteiger partial charge in [-0.15, -0.1) is 0 Å². The molecule has 0 unspecified atom stereocenters. The average Bonchev–Trinajstić information content (AvgIpc) is 2.57. The number of hydrogen-bond donors (Lipinski definition) is 2. The predicted molar refractivity (Wildman–Crippen MR) is 89.9 cm³/mol. The third-order valence-electron chi connectivity index (χ3n) is 3.02. The van der Waals surface area contributed by atoms with Crippen LogP contribution in [0.15, 0.2) is 54.6 Å². The summed E-state index contributed by atoms with van der Waals surface area (Å²) < 4.78 is 4.97. The topological polar surface area (TPSA) is 64.3 Å². The first-order valence-corrected chi connectivity index (χ1v) is 7.27. The van der Waals surface area contributed by atoms with Gasteiger partial charge in [0.15, 0.2) is 0 Å². The number of hydrogen-bond acceptors (Lipinski definition) is 3. The largest absolute Gasteiger partial charge is 0.497 e. The molecular weight excluding hydrogens is 276 g/mol. The molecule has 0 aliphatic heterocycles. The molecule has 3 N–H and O–H groups in total. The Bertz CT molecular complexity index is 539. The van der Waals surface area contributed by atoms with E-state index in [4.69, 9.17) is 10.5 Å². The number of carbonyl (C=O) groups is 1. The third-order valence-corrected chi connectivity index (χ3v) is 3.02. The quantitative estimate of drug-likeness (QED) is 0.890. The number of rotatable bonds is 5. The van der Waals surface area contributed by atoms with Crippen LogP contribution in [0.25, 0.3) is 0 Å². The molecule has 0 radical (unpaired) electrons. The lowest BCUT2D eigenvalue weighted by molar-refractivity contribution is -0.119. The van der Waals surface area contributed by atoms with Crippen molar-refractivity contribution in [3.63, 3.8) is 0 Å². The molecular formula is C18H24N2O2. The minimum absolute atomic E-state index is 0.0643. The molecule has 2 aromatic carbocycles. The maximum absolute atomic E-state index is 10.8. The maximum atomic E-state index is 10.8. The first kappa shape index (κ1) is 17.7. The number of benzene rings is 2. The smallest absolute Gasteiger partial charge is 0.233 e. The van der Waals surface area contributed by atoms with Gasteiger partial charge in [-0.2, -0.15) is 0 Å². The van der Waals surface area contributed by atoms with Crippen molar-refractivity contribution in [3.8, 4) is 5.75 Å². The highest BCUT2D eigenvalue weighted by Gasteiger charge is 1.95. The summed E-state index contributed by atoms with van der Waals surface area (Å²) in [6, 6.07) is 18.0. The molecule has 2 rings (SSSR count). The molecule has 0 bridgehead atoms. The summed E-state index contributed by atoms with van der Waals surface area (Å²) in [4.78, 5) is 10.8. The number of amides is 1. The molecule has 4 heteroatoms. The summed E-state index contributed by atoms with van der Waals surface area (Å²) in [5.74, 6) is 0.816. The molecule has 22 heavy (non-hydrogen) atoms. The summed E-state index contributed by atoms with van der Waals surface area (Å²) in [6.07, 6.45) is 0.854. The SMILES string of the molecule is COc1ccc(C)cc1.NCC(=O)NCCc1ccccc1. The van der Waals surface area contributed by atoms with Crippen molar-refractivity contribution in [2.24, 2.45) is 5.73 Å². The van der Waals surface area contributed by atoms with Crippen molar-refractivity contribution >= 4 is 5.91 Å². The van der Waals surface area contributed by atoms with Crippen LogP contribution in [0.3, 0.4) is 0 Å². The molecule has 2 aromatic rings. The van der Waals surface area contributed by atoms with Crippen LogP contribution in [0, 0.1) is 6.92 Å². The molecule has 1 amide bonds. The Kier molecular flexibility index (Phi) is 8.38. The van der Waals surface area contributed by atoms with Gasteiger partial charge in [0.2, 0.25) is 5.91 Å². The van der Waals surface area contributed by atoms with E-state index in [9.17, 15) is 4.79 Å². The zero-order valence-electron chi connectivity index (χ0n) is 13.2. The third kappa shape index (κ3) is 7.45. The van der Waals surface area contributed by atoms with Gasteiger partial charge in [0.1, 0.15) is 5.75 Å². The predicted octanol–water partition coefficient (Wildman–Crippen LogP) is 2.31. The average molecular weight is 300 g/mol. The van der Waals surface area contributed by atoms with Crippen LogP contribution in [0.2, 0.25) is 0 Å². The molecule has 0 aromatic heterocycles. The molecule has 0 fully saturated rings. The van der Waals surface area contributed by atoms with E-state index < -0.39 is 0 Å². The van der Waals surface area contributed by atoms with E-state index in [1.807, 2.05) is 54.6 Å². The van der Waals surface area contributed by atoms with Gasteiger partial charge in [0.05, 0.1) is 13.7 Å². The lowest BCUT2D eigenvalue weighted by atomic mass is 10.1. The summed E-state index contributed by atoms with van der Waals surface area (Å²) in [5, 5.41) is 2.72. The van der Waals surface area contributed by atoms with Crippen LogP contribution in [-0.4, -0.2) is 26.1 Å². The van der Waals surface area contributed by atoms with Crippen LogP contribution in [0.1, 0.15) is 11.1 Å². The molecule has 4 nitrogen and oxygen atoms in total. The van der Waals surface area contributed by atoms with Crippen LogP contribution >= 0.6 is 0 Å². The van der Waals surface area contributed by atoms with Gasteiger partial charge in [-0.1, -0.05) is 48.0 Å². The fourth-order valence-electron chi connectivity index (χ4n) is 1.74. The van der Waals surface area contributed by atoms with Crippen molar-refractivity contribution in [1.82, 2.24) is 5.32 Å². The van der Waals surface area contributed by atoms with Gasteiger partial charge in [0.25, 0.3) is 0 Å². The van der Waals surface area contributed by atoms with Crippen LogP contribution in [-0.2, 0) is 11.2 Å². The minimum Gasteiger partial charge on any atom is -0.497 e. The molecule has 0 heterocycles. The number of nitrogens with two attached hydrogens (primary N) is 1. The van der Waals surface area contributed by atoms with Crippen molar-refractivity contribution in [1.29, 1.82) is 0 Å². The maximum Gasteiger partial charge on any atom is 0.233 e. The van der Waals surface area contributed by atoms with Gasteiger partial charge >= 0.3 is 0 Å².